The van der Waals surface area contributed by atoms with Gasteiger partial charge in [-0.15, -0.1) is 0 Å². The molecule has 0 bridgehead atoms. The van der Waals surface area contributed by atoms with E-state index in [0.29, 0.717) is 19.5 Å². The molecule has 7 heteroatoms. The Morgan fingerprint density at radius 2 is 2.00 bits per heavy atom. The van der Waals surface area contributed by atoms with Crippen LogP contribution in [-0.4, -0.2) is 47.3 Å². The maximum absolute atomic E-state index is 13.1. The molecule has 1 saturated carbocycles. The van der Waals surface area contributed by atoms with E-state index in [1.165, 1.54) is 19.3 Å². The zero-order valence-corrected chi connectivity index (χ0v) is 15.9. The van der Waals surface area contributed by atoms with Gasteiger partial charge in [0.05, 0.1) is 0 Å². The van der Waals surface area contributed by atoms with Crippen LogP contribution in [0.25, 0.3) is 0 Å². The van der Waals surface area contributed by atoms with Crippen molar-refractivity contribution >= 4 is 17.7 Å². The Morgan fingerprint density at radius 1 is 1.18 bits per heavy atom. The standard InChI is InChI=1S/C21H26N4O3/c26-17-5-4-16(19(27)24-17)25-12-15-3-1-2-14(18(15)20(25)28)11-23-21(6-7-21)8-13-9-22-10-13/h1-3,13,16,22-23H,4-12H2,(H,24,26,27). The number of piperidine rings is 1. The van der Waals surface area contributed by atoms with E-state index in [0.717, 1.165) is 35.7 Å². The van der Waals surface area contributed by atoms with Gasteiger partial charge in [-0.3, -0.25) is 19.7 Å². The number of imide groups is 1. The van der Waals surface area contributed by atoms with Crippen molar-refractivity contribution in [1.29, 1.82) is 0 Å². The van der Waals surface area contributed by atoms with Crippen LogP contribution in [0.3, 0.4) is 0 Å². The summed E-state index contributed by atoms with van der Waals surface area (Å²) in [5.41, 5.74) is 2.96. The van der Waals surface area contributed by atoms with Crippen molar-refractivity contribution in [2.45, 2.75) is 56.8 Å². The van der Waals surface area contributed by atoms with Crippen molar-refractivity contribution in [2.24, 2.45) is 5.92 Å². The molecule has 1 unspecified atom stereocenters. The summed E-state index contributed by atoms with van der Waals surface area (Å²) in [6.07, 6.45) is 4.29. The number of hydrogen-bond acceptors (Lipinski definition) is 5. The lowest BCUT2D eigenvalue weighted by molar-refractivity contribution is -0.136. The van der Waals surface area contributed by atoms with E-state index in [2.05, 4.69) is 16.0 Å². The van der Waals surface area contributed by atoms with Crippen molar-refractivity contribution < 1.29 is 14.4 Å². The van der Waals surface area contributed by atoms with Gasteiger partial charge in [0.1, 0.15) is 6.04 Å². The number of amides is 3. The molecule has 4 aliphatic rings. The lowest BCUT2D eigenvalue weighted by Crippen LogP contribution is -2.52. The van der Waals surface area contributed by atoms with E-state index in [9.17, 15) is 14.4 Å². The van der Waals surface area contributed by atoms with Crippen LogP contribution in [0.2, 0.25) is 0 Å². The van der Waals surface area contributed by atoms with Gasteiger partial charge in [0.25, 0.3) is 5.91 Å². The Morgan fingerprint density at radius 3 is 2.68 bits per heavy atom. The molecule has 3 fully saturated rings. The first kappa shape index (κ1) is 17.8. The van der Waals surface area contributed by atoms with Crippen molar-refractivity contribution in [3.63, 3.8) is 0 Å². The monoisotopic (exact) mass is 382 g/mol. The average molecular weight is 382 g/mol. The molecular weight excluding hydrogens is 356 g/mol. The predicted octanol–water partition coefficient (Wildman–Crippen LogP) is 0.679. The van der Waals surface area contributed by atoms with Crippen LogP contribution in [0.4, 0.5) is 0 Å². The molecule has 1 atom stereocenters. The number of hydrogen-bond donors (Lipinski definition) is 3. The lowest BCUT2D eigenvalue weighted by Gasteiger charge is -2.31. The molecule has 0 radical (unpaired) electrons. The number of carbonyl (C=O) groups is 3. The molecule has 0 aromatic heterocycles. The third-order valence-corrected chi connectivity index (χ3v) is 6.69. The van der Waals surface area contributed by atoms with Crippen molar-refractivity contribution in [3.05, 3.63) is 34.9 Å². The van der Waals surface area contributed by atoms with Crippen molar-refractivity contribution in [1.82, 2.24) is 20.9 Å². The number of carbonyl (C=O) groups excluding carboxylic acids is 3. The van der Waals surface area contributed by atoms with Gasteiger partial charge in [-0.05, 0) is 55.8 Å². The second-order valence-electron chi connectivity index (χ2n) is 8.71. The molecule has 3 N–H and O–H groups in total. The maximum Gasteiger partial charge on any atom is 0.255 e. The highest BCUT2D eigenvalue weighted by molar-refractivity contribution is 6.05. The first-order valence-electron chi connectivity index (χ1n) is 10.3. The fourth-order valence-corrected chi connectivity index (χ4v) is 4.77. The summed E-state index contributed by atoms with van der Waals surface area (Å²) in [6.45, 7) is 3.35. The van der Waals surface area contributed by atoms with Gasteiger partial charge in [-0.2, -0.15) is 0 Å². The fourth-order valence-electron chi connectivity index (χ4n) is 4.77. The van der Waals surface area contributed by atoms with Crippen LogP contribution in [0, 0.1) is 5.92 Å². The van der Waals surface area contributed by atoms with Crippen LogP contribution in [-0.2, 0) is 22.7 Å². The van der Waals surface area contributed by atoms with Gasteiger partial charge >= 0.3 is 0 Å². The van der Waals surface area contributed by atoms with Crippen molar-refractivity contribution in [3.8, 4) is 0 Å². The molecule has 148 valence electrons. The summed E-state index contributed by atoms with van der Waals surface area (Å²) in [5, 5.41) is 9.42. The molecule has 5 rings (SSSR count). The Balaban J connectivity index is 1.30. The third-order valence-electron chi connectivity index (χ3n) is 6.69. The van der Waals surface area contributed by atoms with Gasteiger partial charge in [-0.1, -0.05) is 18.2 Å². The van der Waals surface area contributed by atoms with Gasteiger partial charge < -0.3 is 15.5 Å². The quantitative estimate of drug-likeness (QED) is 0.630. The summed E-state index contributed by atoms with van der Waals surface area (Å²) < 4.78 is 0. The predicted molar refractivity (Wildman–Crippen MR) is 102 cm³/mol. The zero-order chi connectivity index (χ0) is 19.3. The van der Waals surface area contributed by atoms with E-state index in [1.807, 2.05) is 18.2 Å². The zero-order valence-electron chi connectivity index (χ0n) is 15.9. The summed E-state index contributed by atoms with van der Waals surface area (Å²) in [6, 6.07) is 5.42. The first-order valence-corrected chi connectivity index (χ1v) is 10.3. The first-order chi connectivity index (χ1) is 13.5. The molecule has 1 aromatic rings. The Labute approximate surface area is 164 Å². The van der Waals surface area contributed by atoms with E-state index in [1.54, 1.807) is 4.90 Å². The normalized spacial score (nSPS) is 26.1. The molecule has 1 aromatic carbocycles. The molecule has 1 aliphatic carbocycles. The van der Waals surface area contributed by atoms with Crippen LogP contribution in [0.1, 0.15) is 53.6 Å². The van der Waals surface area contributed by atoms with E-state index >= 15 is 0 Å². The largest absolute Gasteiger partial charge is 0.322 e. The number of nitrogens with one attached hydrogen (secondary N) is 3. The lowest BCUT2D eigenvalue weighted by atomic mass is 9.92. The Bertz CT molecular complexity index is 844. The molecule has 3 aliphatic heterocycles. The minimum absolute atomic E-state index is 0.0880. The topological polar surface area (TPSA) is 90.5 Å². The molecule has 3 amide bonds. The van der Waals surface area contributed by atoms with Gasteiger partial charge in [0.15, 0.2) is 0 Å². The fraction of sp³-hybridized carbons (Fsp3) is 0.571. The van der Waals surface area contributed by atoms with Gasteiger partial charge in [0.2, 0.25) is 11.8 Å². The van der Waals surface area contributed by atoms with Crippen LogP contribution in [0.5, 0.6) is 0 Å². The number of benzene rings is 1. The second-order valence-corrected chi connectivity index (χ2v) is 8.71. The number of fused-ring (bicyclic) bond motifs is 1. The summed E-state index contributed by atoms with van der Waals surface area (Å²) in [4.78, 5) is 38.4. The number of nitrogens with zero attached hydrogens (tertiary/aromatic N) is 1. The van der Waals surface area contributed by atoms with Gasteiger partial charge in [0, 0.05) is 30.6 Å². The molecule has 3 heterocycles. The third kappa shape index (κ3) is 3.12. The smallest absolute Gasteiger partial charge is 0.255 e. The highest BCUT2D eigenvalue weighted by atomic mass is 16.2. The molecule has 0 spiro atoms. The summed E-state index contributed by atoms with van der Waals surface area (Å²) >= 11 is 0. The minimum Gasteiger partial charge on any atom is -0.322 e. The maximum atomic E-state index is 13.1. The van der Waals surface area contributed by atoms with Crippen LogP contribution in [0.15, 0.2) is 18.2 Å². The van der Waals surface area contributed by atoms with Crippen LogP contribution < -0.4 is 16.0 Å². The molecule has 28 heavy (non-hydrogen) atoms. The Hall–Kier alpha value is -2.25. The average Bonchev–Trinajstić information content (AvgIpc) is 3.33. The highest BCUT2D eigenvalue weighted by Crippen LogP contribution is 2.42. The molecular formula is C21H26N4O3. The highest BCUT2D eigenvalue weighted by Gasteiger charge is 2.45. The minimum atomic E-state index is -0.556. The molecule has 2 saturated heterocycles. The number of rotatable bonds is 6. The summed E-state index contributed by atoms with van der Waals surface area (Å²) in [7, 11) is 0. The molecule has 7 nitrogen and oxygen atoms in total. The Kier molecular flexibility index (Phi) is 4.25. The van der Waals surface area contributed by atoms with Crippen molar-refractivity contribution in [2.75, 3.05) is 13.1 Å². The van der Waals surface area contributed by atoms with E-state index < -0.39 is 6.04 Å². The van der Waals surface area contributed by atoms with E-state index in [4.69, 9.17) is 0 Å². The summed E-state index contributed by atoms with van der Waals surface area (Å²) in [5.74, 6) is 0.0610. The van der Waals surface area contributed by atoms with Crippen LogP contribution >= 0.6 is 0 Å². The van der Waals surface area contributed by atoms with E-state index in [-0.39, 0.29) is 29.7 Å². The second kappa shape index (κ2) is 6.67. The van der Waals surface area contributed by atoms with Gasteiger partial charge in [-0.25, -0.2) is 0 Å². The SMILES string of the molecule is O=C1CCC(N2Cc3cccc(CNC4(CC5CNC5)CC4)c3C2=O)C(=O)N1.